The first-order valence-corrected chi connectivity index (χ1v) is 10.9. The highest BCUT2D eigenvalue weighted by Crippen LogP contribution is 2.45. The Balaban J connectivity index is 0.00000363. The molecule has 1 heterocycles. The summed E-state index contributed by atoms with van der Waals surface area (Å²) in [6.45, 7) is 5.70. The molecule has 0 radical (unpaired) electrons. The molecular formula is C22H33F3IN3O3. The molecule has 0 bridgehead atoms. The third-order valence-electron chi connectivity index (χ3n) is 5.54. The number of guanidine groups is 1. The number of nitrogens with zero attached hydrogens (tertiary/aromatic N) is 2. The lowest BCUT2D eigenvalue weighted by Gasteiger charge is -2.34. The number of halogens is 4. The van der Waals surface area contributed by atoms with Gasteiger partial charge in [0.2, 0.25) is 0 Å². The first-order chi connectivity index (χ1) is 14.9. The van der Waals surface area contributed by atoms with Gasteiger partial charge in [-0.3, -0.25) is 4.99 Å². The summed E-state index contributed by atoms with van der Waals surface area (Å²) in [7, 11) is 1.69. The van der Waals surface area contributed by atoms with Crippen LogP contribution >= 0.6 is 24.0 Å². The Morgan fingerprint density at radius 3 is 2.56 bits per heavy atom. The van der Waals surface area contributed by atoms with Gasteiger partial charge in [0, 0.05) is 51.9 Å². The normalized spacial score (nSPS) is 21.8. The van der Waals surface area contributed by atoms with Crippen molar-refractivity contribution < 1.29 is 27.4 Å². The van der Waals surface area contributed by atoms with Crippen molar-refractivity contribution in [1.82, 2.24) is 10.2 Å². The van der Waals surface area contributed by atoms with Gasteiger partial charge < -0.3 is 24.4 Å². The molecule has 2 unspecified atom stereocenters. The van der Waals surface area contributed by atoms with Gasteiger partial charge in [-0.15, -0.1) is 37.1 Å². The zero-order valence-electron chi connectivity index (χ0n) is 18.6. The predicted octanol–water partition coefficient (Wildman–Crippen LogP) is 4.54. The summed E-state index contributed by atoms with van der Waals surface area (Å²) in [6, 6.07) is 6.42. The monoisotopic (exact) mass is 571 g/mol. The average Bonchev–Trinajstić information content (AvgIpc) is 3.50. The summed E-state index contributed by atoms with van der Waals surface area (Å²) in [6.07, 6.45) is -0.958. The van der Waals surface area contributed by atoms with E-state index >= 15 is 0 Å². The van der Waals surface area contributed by atoms with E-state index in [1.54, 1.807) is 25.3 Å². The number of para-hydroxylation sites is 1. The zero-order chi connectivity index (χ0) is 22.3. The Morgan fingerprint density at radius 2 is 1.91 bits per heavy atom. The number of alkyl halides is 3. The van der Waals surface area contributed by atoms with Crippen molar-refractivity contribution in [3.05, 3.63) is 29.8 Å². The van der Waals surface area contributed by atoms with Crippen LogP contribution in [0.3, 0.4) is 0 Å². The van der Waals surface area contributed by atoms with Crippen LogP contribution in [0.4, 0.5) is 13.2 Å². The van der Waals surface area contributed by atoms with E-state index in [-0.39, 0.29) is 47.8 Å². The minimum Gasteiger partial charge on any atom is -0.405 e. The average molecular weight is 571 g/mol. The Kier molecular flexibility index (Phi) is 10.8. The molecule has 1 aliphatic heterocycles. The van der Waals surface area contributed by atoms with Crippen LogP contribution in [-0.4, -0.2) is 69.3 Å². The molecule has 1 aromatic carbocycles. The molecule has 10 heteroatoms. The lowest BCUT2D eigenvalue weighted by Crippen LogP contribution is -2.48. The number of ether oxygens (including phenoxy) is 3. The van der Waals surface area contributed by atoms with Crippen molar-refractivity contribution >= 4 is 29.9 Å². The van der Waals surface area contributed by atoms with Crippen LogP contribution < -0.4 is 10.1 Å². The van der Waals surface area contributed by atoms with E-state index in [2.05, 4.69) is 19.9 Å². The number of methoxy groups -OCH3 is 1. The molecule has 0 spiro atoms. The second kappa shape index (κ2) is 12.8. The molecule has 1 saturated carbocycles. The van der Waals surface area contributed by atoms with Crippen molar-refractivity contribution in [3.63, 3.8) is 0 Å². The SMILES string of the molecule is CCN=C(NC1CC1c1ccccc1OC(F)(F)F)N1CCC(OCCCOC)CC1.I. The number of piperidine rings is 1. The zero-order valence-corrected chi connectivity index (χ0v) is 20.9. The van der Waals surface area contributed by atoms with Gasteiger partial charge in [0.05, 0.1) is 6.10 Å². The Hall–Kier alpha value is -1.27. The fraction of sp³-hybridized carbons (Fsp3) is 0.682. The summed E-state index contributed by atoms with van der Waals surface area (Å²) in [5.41, 5.74) is 0.580. The Bertz CT molecular complexity index is 728. The first-order valence-electron chi connectivity index (χ1n) is 10.9. The van der Waals surface area contributed by atoms with Crippen LogP contribution in [0.1, 0.15) is 44.1 Å². The van der Waals surface area contributed by atoms with Gasteiger partial charge >= 0.3 is 6.36 Å². The number of hydrogen-bond acceptors (Lipinski definition) is 4. The highest BCUT2D eigenvalue weighted by atomic mass is 127. The fourth-order valence-electron chi connectivity index (χ4n) is 3.94. The molecule has 0 aromatic heterocycles. The molecule has 3 rings (SSSR count). The quantitative estimate of drug-likeness (QED) is 0.204. The largest absolute Gasteiger partial charge is 0.573 e. The minimum absolute atomic E-state index is 0. The van der Waals surface area contributed by atoms with Crippen LogP contribution in [0.2, 0.25) is 0 Å². The molecular weight excluding hydrogens is 538 g/mol. The van der Waals surface area contributed by atoms with Gasteiger partial charge in [-0.25, -0.2) is 0 Å². The summed E-state index contributed by atoms with van der Waals surface area (Å²) >= 11 is 0. The lowest BCUT2D eigenvalue weighted by molar-refractivity contribution is -0.274. The number of nitrogens with one attached hydrogen (secondary N) is 1. The highest BCUT2D eigenvalue weighted by Gasteiger charge is 2.43. The van der Waals surface area contributed by atoms with E-state index in [0.717, 1.165) is 44.7 Å². The van der Waals surface area contributed by atoms with Gasteiger partial charge in [0.25, 0.3) is 0 Å². The third-order valence-corrected chi connectivity index (χ3v) is 5.54. The lowest BCUT2D eigenvalue weighted by atomic mass is 10.1. The molecule has 1 aromatic rings. The number of likely N-dealkylation sites (tertiary alicyclic amines) is 1. The second-order valence-corrected chi connectivity index (χ2v) is 7.88. The smallest absolute Gasteiger partial charge is 0.405 e. The number of aliphatic imine (C=N–C) groups is 1. The molecule has 1 saturated heterocycles. The van der Waals surface area contributed by atoms with E-state index in [1.807, 2.05) is 6.92 Å². The molecule has 1 aliphatic carbocycles. The number of benzene rings is 1. The van der Waals surface area contributed by atoms with Crippen molar-refractivity contribution in [2.24, 2.45) is 4.99 Å². The molecule has 2 aliphatic rings. The van der Waals surface area contributed by atoms with Gasteiger partial charge in [-0.2, -0.15) is 0 Å². The van der Waals surface area contributed by atoms with Gasteiger partial charge in [-0.05, 0) is 44.2 Å². The van der Waals surface area contributed by atoms with E-state index in [9.17, 15) is 13.2 Å². The highest BCUT2D eigenvalue weighted by molar-refractivity contribution is 14.0. The van der Waals surface area contributed by atoms with E-state index in [0.29, 0.717) is 25.3 Å². The van der Waals surface area contributed by atoms with Crippen LogP contribution in [-0.2, 0) is 9.47 Å². The number of hydrogen-bond donors (Lipinski definition) is 1. The molecule has 1 N–H and O–H groups in total. The number of rotatable bonds is 9. The summed E-state index contributed by atoms with van der Waals surface area (Å²) in [5, 5.41) is 3.46. The molecule has 2 fully saturated rings. The van der Waals surface area contributed by atoms with Gasteiger partial charge in [-0.1, -0.05) is 18.2 Å². The standard InChI is InChI=1S/C22H32F3N3O3.HI/c1-3-26-21(28-11-9-16(10-12-28)30-14-6-13-29-2)27-19-15-18(19)17-7-4-5-8-20(17)31-22(23,24)25;/h4-5,7-8,16,18-19H,3,6,9-15H2,1-2H3,(H,26,27);1H. The van der Waals surface area contributed by atoms with E-state index in [1.165, 1.54) is 6.07 Å². The maximum atomic E-state index is 12.7. The maximum Gasteiger partial charge on any atom is 0.573 e. The van der Waals surface area contributed by atoms with Crippen molar-refractivity contribution in [2.75, 3.05) is 40.0 Å². The molecule has 182 valence electrons. The van der Waals surface area contributed by atoms with E-state index < -0.39 is 6.36 Å². The predicted molar refractivity (Wildman–Crippen MR) is 128 cm³/mol. The molecule has 2 atom stereocenters. The first kappa shape index (κ1) is 27.0. The fourth-order valence-corrected chi connectivity index (χ4v) is 3.94. The van der Waals surface area contributed by atoms with Crippen molar-refractivity contribution in [3.8, 4) is 5.75 Å². The van der Waals surface area contributed by atoms with Gasteiger partial charge in [0.15, 0.2) is 5.96 Å². The maximum absolute atomic E-state index is 12.7. The molecule has 32 heavy (non-hydrogen) atoms. The summed E-state index contributed by atoms with van der Waals surface area (Å²) < 4.78 is 53.4. The molecule has 0 amide bonds. The summed E-state index contributed by atoms with van der Waals surface area (Å²) in [4.78, 5) is 6.83. The van der Waals surface area contributed by atoms with Crippen molar-refractivity contribution in [2.45, 2.75) is 57.0 Å². The minimum atomic E-state index is -4.70. The van der Waals surface area contributed by atoms with E-state index in [4.69, 9.17) is 9.47 Å². The van der Waals surface area contributed by atoms with Gasteiger partial charge in [0.1, 0.15) is 5.75 Å². The Labute approximate surface area is 204 Å². The van der Waals surface area contributed by atoms with Crippen LogP contribution in [0, 0.1) is 0 Å². The van der Waals surface area contributed by atoms with Crippen LogP contribution in [0.5, 0.6) is 5.75 Å². The summed E-state index contributed by atoms with van der Waals surface area (Å²) in [5.74, 6) is 0.675. The molecule has 6 nitrogen and oxygen atoms in total. The third kappa shape index (κ3) is 8.26. The second-order valence-electron chi connectivity index (χ2n) is 7.88. The van der Waals surface area contributed by atoms with Crippen LogP contribution in [0.25, 0.3) is 0 Å². The van der Waals surface area contributed by atoms with Crippen LogP contribution in [0.15, 0.2) is 29.3 Å². The topological polar surface area (TPSA) is 55.3 Å². The van der Waals surface area contributed by atoms with Crippen molar-refractivity contribution in [1.29, 1.82) is 0 Å². The Morgan fingerprint density at radius 1 is 1.19 bits per heavy atom.